The maximum absolute atomic E-state index is 13.0. The van der Waals surface area contributed by atoms with E-state index in [4.69, 9.17) is 11.6 Å². The van der Waals surface area contributed by atoms with Crippen molar-refractivity contribution in [2.75, 3.05) is 7.05 Å². The van der Waals surface area contributed by atoms with E-state index in [-0.39, 0.29) is 16.9 Å². The van der Waals surface area contributed by atoms with Gasteiger partial charge in [-0.2, -0.15) is 0 Å². The summed E-state index contributed by atoms with van der Waals surface area (Å²) in [6.07, 6.45) is 0.803. The molecule has 1 heterocycles. The number of thiophene rings is 1. The fourth-order valence-corrected chi connectivity index (χ4v) is 2.78. The van der Waals surface area contributed by atoms with E-state index in [0.717, 1.165) is 12.0 Å². The number of likely N-dealkylation sites (N-methyl/N-ethyl adjacent to an activating group) is 1. The van der Waals surface area contributed by atoms with Crippen LogP contribution in [0.25, 0.3) is 0 Å². The minimum atomic E-state index is -0.368. The minimum absolute atomic E-state index is 0.184. The van der Waals surface area contributed by atoms with Crippen molar-refractivity contribution in [2.24, 2.45) is 0 Å². The highest BCUT2D eigenvalue weighted by Gasteiger charge is 2.11. The van der Waals surface area contributed by atoms with Crippen molar-refractivity contribution in [2.45, 2.75) is 12.5 Å². The highest BCUT2D eigenvalue weighted by Crippen LogP contribution is 2.24. The largest absolute Gasteiger partial charge is 0.312 e. The van der Waals surface area contributed by atoms with Gasteiger partial charge in [-0.3, -0.25) is 0 Å². The molecule has 0 saturated heterocycles. The molecule has 1 nitrogen and oxygen atoms in total. The zero-order chi connectivity index (χ0) is 12.3. The van der Waals surface area contributed by atoms with Crippen molar-refractivity contribution >= 4 is 22.9 Å². The lowest BCUT2D eigenvalue weighted by Gasteiger charge is -2.14. The van der Waals surface area contributed by atoms with Gasteiger partial charge in [0.2, 0.25) is 0 Å². The molecule has 1 aromatic heterocycles. The van der Waals surface area contributed by atoms with E-state index in [2.05, 4.69) is 16.8 Å². The predicted molar refractivity (Wildman–Crippen MR) is 71.2 cm³/mol. The van der Waals surface area contributed by atoms with E-state index in [0.29, 0.717) is 0 Å². The van der Waals surface area contributed by atoms with Gasteiger partial charge in [0, 0.05) is 10.9 Å². The summed E-state index contributed by atoms with van der Waals surface area (Å²) in [6.45, 7) is 0. The SMILES string of the molecule is CNC(Cc1ccc(F)c(Cl)c1)c1cccs1. The van der Waals surface area contributed by atoms with Crippen molar-refractivity contribution in [3.05, 3.63) is 57.0 Å². The molecule has 0 saturated carbocycles. The normalized spacial score (nSPS) is 12.6. The van der Waals surface area contributed by atoms with Crippen LogP contribution in [-0.2, 0) is 6.42 Å². The topological polar surface area (TPSA) is 12.0 Å². The molecule has 1 aromatic carbocycles. The van der Waals surface area contributed by atoms with E-state index in [1.807, 2.05) is 13.1 Å². The van der Waals surface area contributed by atoms with E-state index in [1.165, 1.54) is 10.9 Å². The molecular weight excluding hydrogens is 257 g/mol. The smallest absolute Gasteiger partial charge is 0.141 e. The Balaban J connectivity index is 2.16. The summed E-state index contributed by atoms with van der Waals surface area (Å²) < 4.78 is 13.0. The second-order valence-corrected chi connectivity index (χ2v) is 5.20. The first-order valence-electron chi connectivity index (χ1n) is 5.35. The quantitative estimate of drug-likeness (QED) is 0.883. The van der Waals surface area contributed by atoms with Crippen LogP contribution in [0.5, 0.6) is 0 Å². The summed E-state index contributed by atoms with van der Waals surface area (Å²) in [5.41, 5.74) is 1.03. The Morgan fingerprint density at radius 2 is 2.24 bits per heavy atom. The third-order valence-electron chi connectivity index (χ3n) is 2.66. The number of halogens is 2. The maximum Gasteiger partial charge on any atom is 0.141 e. The molecule has 0 aliphatic heterocycles. The molecule has 0 fully saturated rings. The zero-order valence-corrected chi connectivity index (χ0v) is 11.0. The second-order valence-electron chi connectivity index (χ2n) is 3.81. The first-order chi connectivity index (χ1) is 8.20. The summed E-state index contributed by atoms with van der Waals surface area (Å²) in [5.74, 6) is -0.368. The maximum atomic E-state index is 13.0. The third-order valence-corrected chi connectivity index (χ3v) is 3.93. The molecule has 2 aromatic rings. The van der Waals surface area contributed by atoms with Gasteiger partial charge in [-0.1, -0.05) is 23.7 Å². The molecule has 1 unspecified atom stereocenters. The number of hydrogen-bond acceptors (Lipinski definition) is 2. The van der Waals surface area contributed by atoms with Gasteiger partial charge in [0.1, 0.15) is 5.82 Å². The van der Waals surface area contributed by atoms with Gasteiger partial charge in [-0.05, 0) is 42.6 Å². The Morgan fingerprint density at radius 3 is 2.82 bits per heavy atom. The van der Waals surface area contributed by atoms with Gasteiger partial charge in [0.15, 0.2) is 0 Å². The van der Waals surface area contributed by atoms with E-state index >= 15 is 0 Å². The Hall–Kier alpha value is -0.900. The van der Waals surface area contributed by atoms with E-state index in [1.54, 1.807) is 23.5 Å². The average molecular weight is 270 g/mol. The summed E-state index contributed by atoms with van der Waals surface area (Å²) in [7, 11) is 1.93. The first kappa shape index (κ1) is 12.6. The van der Waals surface area contributed by atoms with Crippen LogP contribution in [-0.4, -0.2) is 7.05 Å². The standard InChI is InChI=1S/C13H13ClFNS/c1-16-12(13-3-2-6-17-13)8-9-4-5-11(15)10(14)7-9/h2-7,12,16H,8H2,1H3. The Morgan fingerprint density at radius 1 is 1.41 bits per heavy atom. The molecule has 1 atom stereocenters. The molecule has 1 N–H and O–H groups in total. The first-order valence-corrected chi connectivity index (χ1v) is 6.61. The summed E-state index contributed by atoms with van der Waals surface area (Å²) >= 11 is 7.49. The molecule has 0 aliphatic carbocycles. The molecule has 0 radical (unpaired) electrons. The van der Waals surface area contributed by atoms with Crippen LogP contribution < -0.4 is 5.32 Å². The lowest BCUT2D eigenvalue weighted by atomic mass is 10.0. The lowest BCUT2D eigenvalue weighted by Crippen LogP contribution is -2.17. The van der Waals surface area contributed by atoms with Crippen molar-refractivity contribution < 1.29 is 4.39 Å². The Bertz CT molecular complexity index is 484. The Kier molecular flexibility index (Phi) is 4.15. The molecule has 0 bridgehead atoms. The minimum Gasteiger partial charge on any atom is -0.312 e. The fraction of sp³-hybridized carbons (Fsp3) is 0.231. The van der Waals surface area contributed by atoms with Crippen molar-refractivity contribution in [1.29, 1.82) is 0 Å². The molecule has 0 amide bonds. The summed E-state index contributed by atoms with van der Waals surface area (Å²) in [6, 6.07) is 9.25. The predicted octanol–water partition coefficient (Wildman–Crippen LogP) is 4.04. The molecule has 17 heavy (non-hydrogen) atoms. The van der Waals surface area contributed by atoms with Crippen LogP contribution in [0.1, 0.15) is 16.5 Å². The van der Waals surface area contributed by atoms with Gasteiger partial charge in [-0.15, -0.1) is 11.3 Å². The van der Waals surface area contributed by atoms with E-state index in [9.17, 15) is 4.39 Å². The number of benzene rings is 1. The molecule has 0 spiro atoms. The number of rotatable bonds is 4. The molecular formula is C13H13ClFNS. The van der Waals surface area contributed by atoms with Gasteiger partial charge in [0.05, 0.1) is 5.02 Å². The van der Waals surface area contributed by atoms with Crippen LogP contribution in [0, 0.1) is 5.82 Å². The van der Waals surface area contributed by atoms with Gasteiger partial charge >= 0.3 is 0 Å². The van der Waals surface area contributed by atoms with Gasteiger partial charge < -0.3 is 5.32 Å². The monoisotopic (exact) mass is 269 g/mol. The van der Waals surface area contributed by atoms with Crippen LogP contribution in [0.4, 0.5) is 4.39 Å². The van der Waals surface area contributed by atoms with E-state index < -0.39 is 0 Å². The molecule has 0 aliphatic rings. The van der Waals surface area contributed by atoms with Crippen LogP contribution >= 0.6 is 22.9 Å². The van der Waals surface area contributed by atoms with Crippen molar-refractivity contribution in [3.63, 3.8) is 0 Å². The summed E-state index contributed by atoms with van der Waals surface area (Å²) in [4.78, 5) is 1.27. The van der Waals surface area contributed by atoms with Gasteiger partial charge in [-0.25, -0.2) is 4.39 Å². The van der Waals surface area contributed by atoms with Crippen LogP contribution in [0.15, 0.2) is 35.7 Å². The molecule has 90 valence electrons. The third kappa shape index (κ3) is 3.06. The summed E-state index contributed by atoms with van der Waals surface area (Å²) in [5, 5.41) is 5.50. The van der Waals surface area contributed by atoms with Crippen molar-refractivity contribution in [3.8, 4) is 0 Å². The highest BCUT2D eigenvalue weighted by atomic mass is 35.5. The van der Waals surface area contributed by atoms with Crippen LogP contribution in [0.3, 0.4) is 0 Å². The lowest BCUT2D eigenvalue weighted by molar-refractivity contribution is 0.598. The molecule has 2 rings (SSSR count). The second kappa shape index (κ2) is 5.63. The number of hydrogen-bond donors (Lipinski definition) is 1. The molecule has 4 heteroatoms. The number of nitrogens with one attached hydrogen (secondary N) is 1. The Labute approximate surface area is 109 Å². The van der Waals surface area contributed by atoms with Crippen molar-refractivity contribution in [1.82, 2.24) is 5.32 Å². The zero-order valence-electron chi connectivity index (χ0n) is 9.41. The average Bonchev–Trinajstić information content (AvgIpc) is 2.84. The van der Waals surface area contributed by atoms with Gasteiger partial charge in [0.25, 0.3) is 0 Å². The highest BCUT2D eigenvalue weighted by molar-refractivity contribution is 7.10. The fourth-order valence-electron chi connectivity index (χ4n) is 1.74. The van der Waals surface area contributed by atoms with Crippen LogP contribution in [0.2, 0.25) is 5.02 Å².